The molecule has 0 spiro atoms. The minimum absolute atomic E-state index is 0.151. The molecular weight excluding hydrogens is 1420 g/mol. The van der Waals surface area contributed by atoms with Crippen molar-refractivity contribution < 1.29 is 4.42 Å². The van der Waals surface area contributed by atoms with Crippen molar-refractivity contribution in [2.45, 2.75) is 87.0 Å². The first-order valence-electron chi connectivity index (χ1n) is 40.6. The second kappa shape index (κ2) is 30.6. The van der Waals surface area contributed by atoms with Gasteiger partial charge < -0.3 is 8.98 Å². The average Bonchev–Trinajstić information content (AvgIpc) is 1.69. The van der Waals surface area contributed by atoms with E-state index in [1.807, 2.05) is 29.5 Å². The third kappa shape index (κ3) is 13.8. The summed E-state index contributed by atoms with van der Waals surface area (Å²) in [6, 6.07) is 131. The summed E-state index contributed by atoms with van der Waals surface area (Å²) >= 11 is 1.88. The van der Waals surface area contributed by atoms with Gasteiger partial charge in [0, 0.05) is 58.2 Å². The van der Waals surface area contributed by atoms with Gasteiger partial charge in [-0.2, -0.15) is 0 Å². The summed E-state index contributed by atoms with van der Waals surface area (Å²) in [4.78, 5) is 0. The first-order valence-corrected chi connectivity index (χ1v) is 41.4. The van der Waals surface area contributed by atoms with E-state index >= 15 is 0 Å². The molecule has 19 aromatic carbocycles. The minimum atomic E-state index is 0.151. The lowest BCUT2D eigenvalue weighted by molar-refractivity contribution is 0.659. The van der Waals surface area contributed by atoms with Crippen molar-refractivity contribution in [1.82, 2.24) is 4.57 Å². The molecule has 0 bridgehead atoms. The largest absolute Gasteiger partial charge is 0.456 e. The van der Waals surface area contributed by atoms with E-state index < -0.39 is 0 Å². The molecule has 2 aliphatic rings. The Bertz CT molecular complexity index is 7310. The summed E-state index contributed by atoms with van der Waals surface area (Å²) in [5, 5.41) is 24.0. The molecule has 0 aliphatic heterocycles. The number of fused-ring (bicyclic) bond motifs is 20. The molecule has 24 rings (SSSR count). The van der Waals surface area contributed by atoms with E-state index in [2.05, 4.69) is 427 Å². The van der Waals surface area contributed by atoms with Gasteiger partial charge in [-0.3, -0.25) is 0 Å². The average molecular weight is 1510 g/mol. The highest BCUT2D eigenvalue weighted by Crippen LogP contribution is 2.50. The van der Waals surface area contributed by atoms with Crippen molar-refractivity contribution in [3.63, 3.8) is 0 Å². The van der Waals surface area contributed by atoms with Crippen LogP contribution in [0.5, 0.6) is 0 Å². The number of aryl methyl sites for hydroxylation is 7. The predicted octanol–water partition coefficient (Wildman–Crippen LogP) is 32.3. The van der Waals surface area contributed by atoms with Gasteiger partial charge in [0.1, 0.15) is 11.2 Å². The van der Waals surface area contributed by atoms with Gasteiger partial charge in [-0.15, -0.1) is 11.3 Å². The van der Waals surface area contributed by atoms with Crippen molar-refractivity contribution in [3.8, 4) is 27.9 Å². The van der Waals surface area contributed by atoms with Crippen molar-refractivity contribution >= 4 is 140 Å². The number of thiophene rings is 1. The third-order valence-corrected chi connectivity index (χ3v) is 25.1. The maximum Gasteiger partial charge on any atom is 0.135 e. The highest BCUT2D eigenvalue weighted by atomic mass is 32.1. The molecule has 0 saturated carbocycles. The molecule has 2 nitrogen and oxygen atoms in total. The highest BCUT2D eigenvalue weighted by molar-refractivity contribution is 7.25. The molecule has 3 aromatic heterocycles. The number of aromatic nitrogens is 1. The number of benzene rings is 19. The number of hydrogen-bond donors (Lipinski definition) is 0. The minimum Gasteiger partial charge on any atom is -0.456 e. The van der Waals surface area contributed by atoms with Crippen LogP contribution in [0, 0.1) is 48.5 Å². The van der Waals surface area contributed by atoms with Crippen LogP contribution in [0.25, 0.3) is 156 Å². The Kier molecular flexibility index (Phi) is 19.6. The van der Waals surface area contributed by atoms with Crippen LogP contribution >= 0.6 is 11.3 Å². The molecule has 2 aliphatic carbocycles. The van der Waals surface area contributed by atoms with E-state index in [0.717, 1.165) is 11.2 Å². The van der Waals surface area contributed by atoms with Crippen LogP contribution in [0.1, 0.15) is 88.9 Å². The van der Waals surface area contributed by atoms with Gasteiger partial charge in [0.05, 0.1) is 11.0 Å². The van der Waals surface area contributed by atoms with E-state index in [-0.39, 0.29) is 10.8 Å². The van der Waals surface area contributed by atoms with Gasteiger partial charge in [-0.05, 0) is 234 Å². The quantitative estimate of drug-likeness (QED) is 0.150. The standard InChI is InChI=1S/C19H15N.C19H14.C17H12.2C16H16.C13H10O.C13H10S/c1-14-11-12-17-16-9-5-6-10-18(16)20(19(17)13-14)15-7-3-2-4-8-15;1-13-12-19-16-8-3-2-6-14(16)10-11-18(19)17-9-5-4-7-15(13)17;1-11-9-14-7-5-12-3-2-4-13-6-8-15(10-11)17(14)16(12)13;1-11-8-9-15-13(10-11)12-6-4-5-7-14(12)16(15,2)3;1-11-8-9-13-12-6-4-5-7-14(12)16(2,3)15(13)10-11;2*1-9-6-7-11-10-4-2-3-5-12(10)14-13(11)8-9/h2-13H,1H3;2-12H,1H3;2-10H,1H3;2*4-10H,1-3H3;2*2-8H,1H3. The molecule has 0 atom stereocenters. The fraction of sp³-hybridized carbons (Fsp3) is 0.115. The lowest BCUT2D eigenvalue weighted by Gasteiger charge is -2.21. The number of furan rings is 1. The molecule has 0 fully saturated rings. The zero-order valence-corrected chi connectivity index (χ0v) is 68.7. The Morgan fingerprint density at radius 2 is 0.681 bits per heavy atom. The molecule has 0 radical (unpaired) electrons. The number of para-hydroxylation sites is 3. The van der Waals surface area contributed by atoms with Crippen molar-refractivity contribution in [1.29, 1.82) is 0 Å². The van der Waals surface area contributed by atoms with E-state index in [1.54, 1.807) is 0 Å². The van der Waals surface area contributed by atoms with E-state index in [4.69, 9.17) is 4.42 Å². The zero-order valence-electron chi connectivity index (χ0n) is 67.9. The SMILES string of the molecule is Cc1cc2c3ccccc3ccc2c2ccccc12.Cc1cc2ccc3cccc4ccc(c1)c2c34.Cc1ccc2c(c1)-c1ccccc1C2(C)C.Cc1ccc2c(c1)C(C)(C)c1ccccc1-2.Cc1ccc2c(c1)oc1ccccc12.Cc1ccc2c(c1)sc1ccccc12.Cc1ccc2c3ccccc3n(-c3ccccc3)c2c1. The van der Waals surface area contributed by atoms with Crippen molar-refractivity contribution in [2.75, 3.05) is 0 Å². The summed E-state index contributed by atoms with van der Waals surface area (Å²) in [5.74, 6) is 0. The van der Waals surface area contributed by atoms with E-state index in [0.29, 0.717) is 0 Å². The molecule has 562 valence electrons. The smallest absolute Gasteiger partial charge is 0.135 e. The molecule has 0 saturated heterocycles. The fourth-order valence-corrected chi connectivity index (χ4v) is 19.4. The van der Waals surface area contributed by atoms with Gasteiger partial charge in [-0.25, -0.2) is 0 Å². The van der Waals surface area contributed by atoms with E-state index in [9.17, 15) is 0 Å². The lowest BCUT2D eigenvalue weighted by Crippen LogP contribution is -2.14. The van der Waals surface area contributed by atoms with Gasteiger partial charge in [0.25, 0.3) is 0 Å². The Hall–Kier alpha value is -13.2. The van der Waals surface area contributed by atoms with Gasteiger partial charge in [0.2, 0.25) is 0 Å². The maximum atomic E-state index is 5.73. The van der Waals surface area contributed by atoms with E-state index in [1.165, 1.54) is 207 Å². The number of rotatable bonds is 1. The lowest BCUT2D eigenvalue weighted by atomic mass is 9.82. The summed E-state index contributed by atoms with van der Waals surface area (Å²) in [5.41, 5.74) is 26.7. The Morgan fingerprint density at radius 3 is 1.41 bits per heavy atom. The zero-order chi connectivity index (χ0) is 79.5. The van der Waals surface area contributed by atoms with Crippen molar-refractivity contribution in [2.24, 2.45) is 0 Å². The van der Waals surface area contributed by atoms with Crippen LogP contribution in [0.15, 0.2) is 368 Å². The van der Waals surface area contributed by atoms with Gasteiger partial charge >= 0.3 is 0 Å². The second-order valence-corrected chi connectivity index (χ2v) is 33.8. The Labute approximate surface area is 684 Å². The molecule has 0 N–H and O–H groups in total. The fourth-order valence-electron chi connectivity index (χ4n) is 18.2. The molecule has 116 heavy (non-hydrogen) atoms. The Balaban J connectivity index is 0.0000000939. The molecule has 22 aromatic rings. The molecule has 0 amide bonds. The van der Waals surface area contributed by atoms with Crippen LogP contribution in [0.2, 0.25) is 0 Å². The van der Waals surface area contributed by atoms with Gasteiger partial charge in [-0.1, -0.05) is 354 Å². The Morgan fingerprint density at radius 1 is 0.233 bits per heavy atom. The van der Waals surface area contributed by atoms with Crippen LogP contribution in [-0.4, -0.2) is 4.57 Å². The maximum absolute atomic E-state index is 5.73. The topological polar surface area (TPSA) is 18.1 Å². The van der Waals surface area contributed by atoms with Crippen LogP contribution in [-0.2, 0) is 10.8 Å². The first kappa shape index (κ1) is 74.2. The summed E-state index contributed by atoms with van der Waals surface area (Å²) in [7, 11) is 0. The van der Waals surface area contributed by atoms with Crippen LogP contribution in [0.3, 0.4) is 0 Å². The monoisotopic (exact) mass is 1510 g/mol. The highest BCUT2D eigenvalue weighted by Gasteiger charge is 2.36. The van der Waals surface area contributed by atoms with Gasteiger partial charge in [0.15, 0.2) is 0 Å². The number of nitrogens with zero attached hydrogens (tertiary/aromatic N) is 1. The second-order valence-electron chi connectivity index (χ2n) is 32.8. The predicted molar refractivity (Wildman–Crippen MR) is 504 cm³/mol. The van der Waals surface area contributed by atoms with Crippen LogP contribution < -0.4 is 0 Å². The summed E-state index contributed by atoms with van der Waals surface area (Å²) < 4.78 is 10.9. The number of hydrogen-bond acceptors (Lipinski definition) is 2. The molecule has 0 unspecified atom stereocenters. The molecule has 3 heterocycles. The summed E-state index contributed by atoms with van der Waals surface area (Å²) in [6.45, 7) is 24.3. The normalized spacial score (nSPS) is 12.6. The first-order chi connectivity index (χ1) is 56.4. The van der Waals surface area contributed by atoms with Crippen molar-refractivity contribution in [3.05, 3.63) is 425 Å². The third-order valence-electron chi connectivity index (χ3n) is 24.0. The molecular formula is C113H93NOS. The molecule has 3 heteroatoms. The summed E-state index contributed by atoms with van der Waals surface area (Å²) in [6.07, 6.45) is 0. The van der Waals surface area contributed by atoms with Crippen LogP contribution in [0.4, 0.5) is 0 Å².